The molecule has 0 aliphatic heterocycles. The zero-order chi connectivity index (χ0) is 30.0. The lowest BCUT2D eigenvalue weighted by atomic mass is 9.91. The first-order valence-electron chi connectivity index (χ1n) is 15.4. The van der Waals surface area contributed by atoms with Crippen molar-refractivity contribution in [3.8, 4) is 0 Å². The van der Waals surface area contributed by atoms with Crippen LogP contribution in [0.15, 0.2) is 66.7 Å². The van der Waals surface area contributed by atoms with Gasteiger partial charge < -0.3 is 9.05 Å². The van der Waals surface area contributed by atoms with Crippen molar-refractivity contribution in [1.29, 1.82) is 0 Å². The van der Waals surface area contributed by atoms with Crippen molar-refractivity contribution in [1.82, 2.24) is 0 Å². The van der Waals surface area contributed by atoms with Crippen LogP contribution in [0.3, 0.4) is 0 Å². The van der Waals surface area contributed by atoms with E-state index in [1.165, 1.54) is 0 Å². The van der Waals surface area contributed by atoms with Crippen LogP contribution < -0.4 is 10.6 Å². The van der Waals surface area contributed by atoms with Gasteiger partial charge in [0, 0.05) is 21.7 Å². The molecule has 0 atom stereocenters. The van der Waals surface area contributed by atoms with Crippen LogP contribution in [0.1, 0.15) is 96.7 Å². The number of nitrogens with zero attached hydrogens (tertiary/aromatic N) is 1. The highest BCUT2D eigenvalue weighted by Gasteiger charge is 2.39. The molecule has 0 aliphatic carbocycles. The van der Waals surface area contributed by atoms with Crippen LogP contribution in [0.25, 0.3) is 0 Å². The van der Waals surface area contributed by atoms with Gasteiger partial charge in [-0.25, -0.2) is 0 Å². The predicted octanol–water partition coefficient (Wildman–Crippen LogP) is 8.17. The molecule has 3 rings (SSSR count). The molecular weight excluding hydrogens is 525 g/mol. The molecule has 0 amide bonds. The van der Waals surface area contributed by atoms with E-state index in [0.29, 0.717) is 33.8 Å². The van der Waals surface area contributed by atoms with Gasteiger partial charge in [0.25, 0.3) is 0 Å². The molecule has 4 nitrogen and oxygen atoms in total. The number of Topliss-reactive ketones (excluding diaryl/α,β-unsaturated/α-hetero) is 1. The number of benzene rings is 3. The van der Waals surface area contributed by atoms with Gasteiger partial charge >= 0.3 is 0 Å². The zero-order valence-electron chi connectivity index (χ0n) is 26.0. The minimum atomic E-state index is -3.70. The molecule has 0 radical (unpaired) electrons. The molecule has 3 aromatic rings. The summed E-state index contributed by atoms with van der Waals surface area (Å²) in [6.45, 7) is 15.8. The summed E-state index contributed by atoms with van der Waals surface area (Å²) >= 11 is 0. The number of hydrogen-bond donors (Lipinski definition) is 0. The van der Waals surface area contributed by atoms with E-state index < -0.39 is 12.7 Å². The van der Waals surface area contributed by atoms with Crippen LogP contribution in [0.2, 0.25) is 0 Å². The number of carbonyl (C=O) groups is 2. The number of hydrogen-bond acceptors (Lipinski definition) is 3. The van der Waals surface area contributed by atoms with Crippen molar-refractivity contribution in [3.63, 3.8) is 0 Å². The molecule has 41 heavy (non-hydrogen) atoms. The van der Waals surface area contributed by atoms with E-state index in [9.17, 15) is 14.2 Å². The zero-order valence-corrected chi connectivity index (χ0v) is 26.9. The summed E-state index contributed by atoms with van der Waals surface area (Å²) in [5.41, 5.74) is 2.95. The number of ketones is 1. The third kappa shape index (κ3) is 7.34. The van der Waals surface area contributed by atoms with E-state index in [1.54, 1.807) is 24.3 Å². The quantitative estimate of drug-likeness (QED) is 0.0985. The first-order chi connectivity index (χ1) is 19.6. The molecule has 0 saturated carbocycles. The number of rotatable bonds is 16. The summed E-state index contributed by atoms with van der Waals surface area (Å²) in [6, 6.07) is 20.1. The highest BCUT2D eigenvalue weighted by molar-refractivity contribution is 7.93. The van der Waals surface area contributed by atoms with Gasteiger partial charge in [0.1, 0.15) is 6.54 Å². The Bertz CT molecular complexity index is 1300. The van der Waals surface area contributed by atoms with E-state index in [1.807, 2.05) is 63.2 Å². The van der Waals surface area contributed by atoms with Crippen molar-refractivity contribution < 1.29 is 18.6 Å². The molecule has 220 valence electrons. The molecule has 0 N–H and O–H groups in total. The summed E-state index contributed by atoms with van der Waals surface area (Å²) in [4.78, 5) is 28.8. The van der Waals surface area contributed by atoms with E-state index in [4.69, 9.17) is 0 Å². The number of carbonyl (C=O) groups excluding carboxylic acids is 2. The van der Waals surface area contributed by atoms with E-state index in [-0.39, 0.29) is 5.78 Å². The van der Waals surface area contributed by atoms with Crippen molar-refractivity contribution >= 4 is 29.1 Å². The van der Waals surface area contributed by atoms with Gasteiger partial charge in [-0.05, 0) is 56.7 Å². The van der Waals surface area contributed by atoms with Crippen LogP contribution in [0.4, 0.5) is 0 Å². The first kappa shape index (κ1) is 32.7. The predicted molar refractivity (Wildman–Crippen MR) is 174 cm³/mol. The maximum atomic E-state index is 14.9. The molecule has 3 aromatic carbocycles. The fourth-order valence-corrected chi connectivity index (χ4v) is 8.81. The monoisotopic (exact) mass is 574 g/mol. The molecule has 0 aromatic heterocycles. The Hall–Kier alpha value is -2.81. The Morgan fingerprint density at radius 3 is 1.49 bits per heavy atom. The lowest BCUT2D eigenvalue weighted by Gasteiger charge is -2.39. The molecule has 0 bridgehead atoms. The fourth-order valence-electron chi connectivity index (χ4n) is 6.20. The second-order valence-corrected chi connectivity index (χ2v) is 14.3. The smallest absolute Gasteiger partial charge is 0.230 e. The second-order valence-electron chi connectivity index (χ2n) is 11.6. The highest BCUT2D eigenvalue weighted by Crippen LogP contribution is 2.48. The highest BCUT2D eigenvalue weighted by atomic mass is 31.2. The minimum absolute atomic E-state index is 0.0895. The molecule has 5 heteroatoms. The van der Waals surface area contributed by atoms with Crippen molar-refractivity contribution in [2.24, 2.45) is 0 Å². The van der Waals surface area contributed by atoms with Crippen molar-refractivity contribution in [2.45, 2.75) is 80.1 Å². The lowest BCUT2D eigenvalue weighted by Crippen LogP contribution is -2.53. The molecule has 0 fully saturated rings. The molecule has 0 aliphatic rings. The first-order valence-corrected chi connectivity index (χ1v) is 17.1. The summed E-state index contributed by atoms with van der Waals surface area (Å²) in [5, 5.41) is 1.02. The maximum absolute atomic E-state index is 14.9. The van der Waals surface area contributed by atoms with Crippen LogP contribution in [-0.2, 0) is 4.57 Å². The largest absolute Gasteiger partial charge is 0.317 e. The molecule has 0 heterocycles. The van der Waals surface area contributed by atoms with Crippen LogP contribution in [-0.4, -0.2) is 42.0 Å². The maximum Gasteiger partial charge on any atom is 0.230 e. The van der Waals surface area contributed by atoms with E-state index in [0.717, 1.165) is 73.8 Å². The normalized spacial score (nSPS) is 12.0. The van der Waals surface area contributed by atoms with Crippen LogP contribution in [0, 0.1) is 20.8 Å². The summed E-state index contributed by atoms with van der Waals surface area (Å²) in [5.74, 6) is 0.0895. The van der Waals surface area contributed by atoms with Crippen LogP contribution in [0.5, 0.6) is 0 Å². The van der Waals surface area contributed by atoms with Crippen molar-refractivity contribution in [2.75, 3.05) is 26.2 Å². The average Bonchev–Trinajstić information content (AvgIpc) is 2.97. The second kappa shape index (κ2) is 14.9. The summed E-state index contributed by atoms with van der Waals surface area (Å²) in [7, 11) is -3.70. The Morgan fingerprint density at radius 2 is 1.07 bits per heavy atom. The number of unbranched alkanes of at least 4 members (excludes halogenated alkanes) is 3. The molecule has 0 saturated heterocycles. The van der Waals surface area contributed by atoms with Gasteiger partial charge in [0.15, 0.2) is 0 Å². The van der Waals surface area contributed by atoms with Crippen LogP contribution >= 0.6 is 7.14 Å². The SMILES string of the molecule is CCCC[N+](CCCC)(CCCC)CC(=O)c1c(C)cc(C)c(C(=O)P(=O)(c2ccccc2)c2ccccc2)c1C. The fraction of sp³-hybridized carbons (Fsp3) is 0.444. The van der Waals surface area contributed by atoms with Crippen molar-refractivity contribution in [3.05, 3.63) is 94.5 Å². The Morgan fingerprint density at radius 1 is 0.659 bits per heavy atom. The lowest BCUT2D eigenvalue weighted by molar-refractivity contribution is -0.921. The van der Waals surface area contributed by atoms with Gasteiger partial charge in [-0.15, -0.1) is 0 Å². The van der Waals surface area contributed by atoms with E-state index >= 15 is 0 Å². The average molecular weight is 575 g/mol. The Balaban J connectivity index is 2.15. The molecule has 0 spiro atoms. The molecular formula is C36H49NO3P+. The standard InChI is InChI=1S/C36H49NO3P/c1-7-10-23-37(24-11-8-2,25-12-9-3)27-33(38)34-28(4)26-29(5)35(30(34)6)36(39)41(40,31-19-15-13-16-20-31)32-21-17-14-18-22-32/h13-22,26H,7-12,23-25,27H2,1-6H3/q+1. The summed E-state index contributed by atoms with van der Waals surface area (Å²) in [6.07, 6.45) is 6.57. The summed E-state index contributed by atoms with van der Waals surface area (Å²) < 4.78 is 15.7. The van der Waals surface area contributed by atoms with Gasteiger partial charge in [-0.3, -0.25) is 9.59 Å². The van der Waals surface area contributed by atoms with Gasteiger partial charge in [0.05, 0.1) is 19.6 Å². The third-order valence-electron chi connectivity index (χ3n) is 8.43. The Kier molecular flexibility index (Phi) is 11.9. The third-order valence-corrected chi connectivity index (χ3v) is 11.3. The number of quaternary nitrogens is 1. The van der Waals surface area contributed by atoms with Gasteiger partial charge in [-0.2, -0.15) is 0 Å². The Labute approximate surface area is 248 Å². The van der Waals surface area contributed by atoms with E-state index in [2.05, 4.69) is 20.8 Å². The molecule has 0 unspecified atom stereocenters. The topological polar surface area (TPSA) is 51.2 Å². The van der Waals surface area contributed by atoms with Gasteiger partial charge in [0.2, 0.25) is 18.4 Å². The van der Waals surface area contributed by atoms with Gasteiger partial charge in [-0.1, -0.05) is 107 Å². The number of aryl methyl sites for hydroxylation is 2. The minimum Gasteiger partial charge on any atom is -0.317 e.